The van der Waals surface area contributed by atoms with Gasteiger partial charge in [-0.25, -0.2) is 4.98 Å². The molecule has 0 atom stereocenters. The maximum atomic E-state index is 4.54. The Morgan fingerprint density at radius 1 is 1.25 bits per heavy atom. The van der Waals surface area contributed by atoms with E-state index in [1.165, 1.54) is 10.9 Å². The molecule has 3 rings (SSSR count). The highest BCUT2D eigenvalue weighted by Gasteiger charge is 2.15. The zero-order chi connectivity index (χ0) is 11.0. The van der Waals surface area contributed by atoms with E-state index in [1.54, 1.807) is 0 Å². The summed E-state index contributed by atoms with van der Waals surface area (Å²) in [6, 6.07) is 4.21. The van der Waals surface area contributed by atoms with Gasteiger partial charge in [-0.05, 0) is 12.1 Å². The van der Waals surface area contributed by atoms with Crippen LogP contribution in [0.3, 0.4) is 0 Å². The van der Waals surface area contributed by atoms with Gasteiger partial charge in [-0.15, -0.1) is 0 Å². The Kier molecular flexibility index (Phi) is 2.29. The van der Waals surface area contributed by atoms with Gasteiger partial charge in [-0.2, -0.15) is 0 Å². The van der Waals surface area contributed by atoms with Crippen LogP contribution < -0.4 is 10.2 Å². The van der Waals surface area contributed by atoms with Crippen molar-refractivity contribution in [2.75, 3.05) is 31.1 Å². The summed E-state index contributed by atoms with van der Waals surface area (Å²) in [6.45, 7) is 4.17. The third-order valence-corrected chi connectivity index (χ3v) is 3.18. The van der Waals surface area contributed by atoms with E-state index >= 15 is 0 Å². The van der Waals surface area contributed by atoms with Gasteiger partial charge < -0.3 is 14.8 Å². The van der Waals surface area contributed by atoms with Crippen molar-refractivity contribution in [3.63, 3.8) is 0 Å². The molecule has 0 aromatic carbocycles. The van der Waals surface area contributed by atoms with E-state index in [9.17, 15) is 0 Å². The van der Waals surface area contributed by atoms with Crippen LogP contribution >= 0.6 is 0 Å². The van der Waals surface area contributed by atoms with Crippen LogP contribution in [0.4, 0.5) is 5.82 Å². The SMILES string of the molecule is Cn1ccc2ccnc(N3CCNCC3)c21. The van der Waals surface area contributed by atoms with E-state index in [0.29, 0.717) is 0 Å². The number of rotatable bonds is 1. The molecule has 1 saturated heterocycles. The quantitative estimate of drug-likeness (QED) is 0.771. The highest BCUT2D eigenvalue weighted by Crippen LogP contribution is 2.24. The van der Waals surface area contributed by atoms with Crippen LogP contribution in [-0.2, 0) is 7.05 Å². The van der Waals surface area contributed by atoms with Gasteiger partial charge in [0.15, 0.2) is 5.82 Å². The number of aryl methyl sites for hydroxylation is 1. The first-order chi connectivity index (χ1) is 7.86. The Labute approximate surface area is 94.9 Å². The molecule has 1 N–H and O–H groups in total. The van der Waals surface area contributed by atoms with Crippen LogP contribution in [0.2, 0.25) is 0 Å². The largest absolute Gasteiger partial charge is 0.352 e. The Morgan fingerprint density at radius 3 is 2.88 bits per heavy atom. The van der Waals surface area contributed by atoms with Crippen LogP contribution in [0.5, 0.6) is 0 Å². The summed E-state index contributed by atoms with van der Waals surface area (Å²) in [7, 11) is 2.08. The molecular weight excluding hydrogens is 200 g/mol. The van der Waals surface area contributed by atoms with Crippen molar-refractivity contribution in [3.05, 3.63) is 24.5 Å². The fourth-order valence-electron chi connectivity index (χ4n) is 2.33. The van der Waals surface area contributed by atoms with Gasteiger partial charge in [-0.1, -0.05) is 0 Å². The first-order valence-electron chi connectivity index (χ1n) is 5.72. The molecule has 4 heteroatoms. The number of hydrogen-bond donors (Lipinski definition) is 1. The van der Waals surface area contributed by atoms with Gasteiger partial charge in [0.1, 0.15) is 0 Å². The van der Waals surface area contributed by atoms with Crippen LogP contribution in [0, 0.1) is 0 Å². The van der Waals surface area contributed by atoms with Gasteiger partial charge in [0.2, 0.25) is 0 Å². The molecule has 0 bridgehead atoms. The van der Waals surface area contributed by atoms with Gasteiger partial charge in [-0.3, -0.25) is 0 Å². The van der Waals surface area contributed by atoms with Crippen molar-refractivity contribution in [2.45, 2.75) is 0 Å². The minimum atomic E-state index is 1.04. The first kappa shape index (κ1) is 9.66. The predicted octanol–water partition coefficient (Wildman–Crippen LogP) is 0.983. The van der Waals surface area contributed by atoms with Crippen LogP contribution in [0.1, 0.15) is 0 Å². The molecule has 84 valence electrons. The molecule has 0 amide bonds. The standard InChI is InChI=1S/C12H16N4/c1-15-7-3-10-2-4-14-12(11(10)15)16-8-5-13-6-9-16/h2-4,7,13H,5-6,8-9H2,1H3. The number of aromatic nitrogens is 2. The summed E-state index contributed by atoms with van der Waals surface area (Å²) in [4.78, 5) is 6.90. The van der Waals surface area contributed by atoms with Crippen LogP contribution in [0.25, 0.3) is 10.9 Å². The predicted molar refractivity (Wildman–Crippen MR) is 65.8 cm³/mol. The minimum absolute atomic E-state index is 1.04. The molecule has 3 heterocycles. The molecule has 0 aliphatic carbocycles. The topological polar surface area (TPSA) is 33.1 Å². The maximum Gasteiger partial charge on any atom is 0.153 e. The van der Waals surface area contributed by atoms with Gasteiger partial charge in [0, 0.05) is 51.0 Å². The molecular formula is C12H16N4. The molecule has 2 aromatic heterocycles. The number of anilines is 1. The van der Waals surface area contributed by atoms with Gasteiger partial charge in [0.05, 0.1) is 5.52 Å². The Balaban J connectivity index is 2.10. The Morgan fingerprint density at radius 2 is 2.06 bits per heavy atom. The van der Waals surface area contributed by atoms with E-state index in [2.05, 4.69) is 45.1 Å². The van der Waals surface area contributed by atoms with Crippen molar-refractivity contribution >= 4 is 16.7 Å². The van der Waals surface area contributed by atoms with Crippen molar-refractivity contribution in [1.82, 2.24) is 14.9 Å². The highest BCUT2D eigenvalue weighted by molar-refractivity contribution is 5.89. The zero-order valence-electron chi connectivity index (χ0n) is 9.48. The molecule has 0 radical (unpaired) electrons. The van der Waals surface area contributed by atoms with Crippen molar-refractivity contribution in [2.24, 2.45) is 7.05 Å². The maximum absolute atomic E-state index is 4.54. The highest BCUT2D eigenvalue weighted by atomic mass is 15.2. The van der Waals surface area contributed by atoms with E-state index < -0.39 is 0 Å². The van der Waals surface area contributed by atoms with Crippen LogP contribution in [-0.4, -0.2) is 35.7 Å². The Hall–Kier alpha value is -1.55. The van der Waals surface area contributed by atoms with Crippen molar-refractivity contribution < 1.29 is 0 Å². The number of fused-ring (bicyclic) bond motifs is 1. The average Bonchev–Trinajstić information content (AvgIpc) is 2.73. The fourth-order valence-corrected chi connectivity index (χ4v) is 2.33. The number of nitrogens with one attached hydrogen (secondary N) is 1. The van der Waals surface area contributed by atoms with E-state index in [1.807, 2.05) is 6.20 Å². The zero-order valence-corrected chi connectivity index (χ0v) is 9.48. The monoisotopic (exact) mass is 216 g/mol. The molecule has 16 heavy (non-hydrogen) atoms. The molecule has 1 aliphatic rings. The Bertz CT molecular complexity index is 497. The third kappa shape index (κ3) is 1.46. The second-order valence-electron chi connectivity index (χ2n) is 4.24. The number of pyridine rings is 1. The summed E-state index contributed by atoms with van der Waals surface area (Å²) in [6.07, 6.45) is 4.00. The summed E-state index contributed by atoms with van der Waals surface area (Å²) in [5.41, 5.74) is 1.24. The smallest absolute Gasteiger partial charge is 0.153 e. The lowest BCUT2D eigenvalue weighted by atomic mass is 10.2. The summed E-state index contributed by atoms with van der Waals surface area (Å²) in [5.74, 6) is 1.12. The molecule has 1 aliphatic heterocycles. The molecule has 4 nitrogen and oxygen atoms in total. The molecule has 0 saturated carbocycles. The van der Waals surface area contributed by atoms with Gasteiger partial charge in [0.25, 0.3) is 0 Å². The fraction of sp³-hybridized carbons (Fsp3) is 0.417. The molecule has 1 fully saturated rings. The first-order valence-corrected chi connectivity index (χ1v) is 5.72. The van der Waals surface area contributed by atoms with E-state index in [-0.39, 0.29) is 0 Å². The van der Waals surface area contributed by atoms with Crippen molar-refractivity contribution in [1.29, 1.82) is 0 Å². The summed E-state index contributed by atoms with van der Waals surface area (Å²) < 4.78 is 2.15. The van der Waals surface area contributed by atoms with E-state index in [0.717, 1.165) is 32.0 Å². The number of nitrogens with zero attached hydrogens (tertiary/aromatic N) is 3. The second kappa shape index (κ2) is 3.79. The van der Waals surface area contributed by atoms with Crippen LogP contribution in [0.15, 0.2) is 24.5 Å². The third-order valence-electron chi connectivity index (χ3n) is 3.18. The molecule has 0 unspecified atom stereocenters. The average molecular weight is 216 g/mol. The summed E-state index contributed by atoms with van der Waals surface area (Å²) >= 11 is 0. The van der Waals surface area contributed by atoms with Crippen molar-refractivity contribution in [3.8, 4) is 0 Å². The lowest BCUT2D eigenvalue weighted by Gasteiger charge is -2.29. The lowest BCUT2D eigenvalue weighted by Crippen LogP contribution is -2.44. The number of piperazine rings is 1. The molecule has 2 aromatic rings. The lowest BCUT2D eigenvalue weighted by molar-refractivity contribution is 0.585. The molecule has 0 spiro atoms. The van der Waals surface area contributed by atoms with Gasteiger partial charge >= 0.3 is 0 Å². The second-order valence-corrected chi connectivity index (χ2v) is 4.24. The summed E-state index contributed by atoms with van der Waals surface area (Å²) in [5, 5.41) is 4.63. The minimum Gasteiger partial charge on any atom is -0.352 e. The number of hydrogen-bond acceptors (Lipinski definition) is 3. The normalized spacial score (nSPS) is 16.9. The van der Waals surface area contributed by atoms with E-state index in [4.69, 9.17) is 0 Å².